The lowest BCUT2D eigenvalue weighted by Gasteiger charge is -2.22. The number of carbonyl (C=O) groups is 3. The second kappa shape index (κ2) is 12.0. The van der Waals surface area contributed by atoms with Crippen molar-refractivity contribution in [3.05, 3.63) is 35.9 Å². The quantitative estimate of drug-likeness (QED) is 0.447. The third kappa shape index (κ3) is 7.98. The SMILES string of the molecule is COC(=O)CC(NC(=O)CCCNC(=O)NC1CCCCC1)c1ccccc1. The molecule has 0 saturated heterocycles. The van der Waals surface area contributed by atoms with Crippen molar-refractivity contribution in [3.8, 4) is 0 Å². The number of benzene rings is 1. The van der Waals surface area contributed by atoms with Gasteiger partial charge in [-0.15, -0.1) is 0 Å². The van der Waals surface area contributed by atoms with Crippen LogP contribution in [0.25, 0.3) is 0 Å². The average Bonchev–Trinajstić information content (AvgIpc) is 2.72. The van der Waals surface area contributed by atoms with Gasteiger partial charge in [0.2, 0.25) is 5.91 Å². The number of nitrogens with one attached hydrogen (secondary N) is 3. The van der Waals surface area contributed by atoms with Gasteiger partial charge in [-0.05, 0) is 24.8 Å². The van der Waals surface area contributed by atoms with Crippen LogP contribution in [0.2, 0.25) is 0 Å². The molecular formula is C21H31N3O4. The van der Waals surface area contributed by atoms with E-state index in [9.17, 15) is 14.4 Å². The van der Waals surface area contributed by atoms with Crippen molar-refractivity contribution >= 4 is 17.9 Å². The predicted molar refractivity (Wildman–Crippen MR) is 107 cm³/mol. The summed E-state index contributed by atoms with van der Waals surface area (Å²) in [5.74, 6) is -0.539. The molecule has 1 aromatic carbocycles. The van der Waals surface area contributed by atoms with E-state index in [-0.39, 0.29) is 36.8 Å². The van der Waals surface area contributed by atoms with Crippen LogP contribution in [0.4, 0.5) is 4.79 Å². The molecule has 28 heavy (non-hydrogen) atoms. The minimum atomic E-state index is -0.427. The zero-order chi connectivity index (χ0) is 20.2. The molecule has 1 fully saturated rings. The van der Waals surface area contributed by atoms with Crippen molar-refractivity contribution in [2.45, 2.75) is 63.5 Å². The average molecular weight is 389 g/mol. The Bertz CT molecular complexity index is 630. The summed E-state index contributed by atoms with van der Waals surface area (Å²) in [5, 5.41) is 8.68. The van der Waals surface area contributed by atoms with Gasteiger partial charge in [-0.25, -0.2) is 4.79 Å². The smallest absolute Gasteiger partial charge is 0.315 e. The summed E-state index contributed by atoms with van der Waals surface area (Å²) < 4.78 is 4.73. The van der Waals surface area contributed by atoms with Crippen molar-refractivity contribution in [1.29, 1.82) is 0 Å². The van der Waals surface area contributed by atoms with Gasteiger partial charge >= 0.3 is 12.0 Å². The van der Waals surface area contributed by atoms with Crippen molar-refractivity contribution < 1.29 is 19.1 Å². The maximum atomic E-state index is 12.3. The van der Waals surface area contributed by atoms with Crippen LogP contribution >= 0.6 is 0 Å². The first kappa shape index (κ1) is 21.7. The van der Waals surface area contributed by atoms with Gasteiger partial charge in [-0.2, -0.15) is 0 Å². The van der Waals surface area contributed by atoms with Crippen molar-refractivity contribution in [2.75, 3.05) is 13.7 Å². The van der Waals surface area contributed by atoms with E-state index < -0.39 is 6.04 Å². The fraction of sp³-hybridized carbons (Fsp3) is 0.571. The molecule has 7 nitrogen and oxygen atoms in total. The summed E-state index contributed by atoms with van der Waals surface area (Å²) in [6.45, 7) is 0.430. The molecule has 7 heteroatoms. The fourth-order valence-corrected chi connectivity index (χ4v) is 3.39. The number of esters is 1. The molecule has 1 aliphatic carbocycles. The molecule has 0 aromatic heterocycles. The van der Waals surface area contributed by atoms with Crippen LogP contribution in [0, 0.1) is 0 Å². The molecule has 1 aliphatic rings. The van der Waals surface area contributed by atoms with Crippen LogP contribution in [-0.2, 0) is 14.3 Å². The summed E-state index contributed by atoms with van der Waals surface area (Å²) in [6.07, 6.45) is 6.54. The maximum absolute atomic E-state index is 12.3. The summed E-state index contributed by atoms with van der Waals surface area (Å²) in [7, 11) is 1.33. The molecule has 0 aliphatic heterocycles. The first-order valence-electron chi connectivity index (χ1n) is 10.0. The van der Waals surface area contributed by atoms with Gasteiger partial charge in [-0.3, -0.25) is 9.59 Å². The second-order valence-corrected chi connectivity index (χ2v) is 7.15. The highest BCUT2D eigenvalue weighted by Gasteiger charge is 2.19. The molecule has 0 spiro atoms. The van der Waals surface area contributed by atoms with Gasteiger partial charge in [0.05, 0.1) is 19.6 Å². The molecule has 0 bridgehead atoms. The Balaban J connectivity index is 1.70. The van der Waals surface area contributed by atoms with E-state index in [1.807, 2.05) is 30.3 Å². The molecule has 3 amide bonds. The monoisotopic (exact) mass is 389 g/mol. The molecule has 0 heterocycles. The van der Waals surface area contributed by atoms with Crippen LogP contribution in [0.3, 0.4) is 0 Å². The molecule has 0 radical (unpaired) electrons. The number of rotatable bonds is 9. The van der Waals surface area contributed by atoms with Crippen LogP contribution in [0.1, 0.15) is 63.0 Å². The lowest BCUT2D eigenvalue weighted by Crippen LogP contribution is -2.43. The topological polar surface area (TPSA) is 96.5 Å². The van der Waals surface area contributed by atoms with Crippen LogP contribution < -0.4 is 16.0 Å². The third-order valence-electron chi connectivity index (χ3n) is 4.94. The molecule has 154 valence electrons. The molecular weight excluding hydrogens is 358 g/mol. The largest absolute Gasteiger partial charge is 0.469 e. The zero-order valence-corrected chi connectivity index (χ0v) is 16.5. The van der Waals surface area contributed by atoms with Gasteiger partial charge in [0, 0.05) is 19.0 Å². The maximum Gasteiger partial charge on any atom is 0.315 e. The van der Waals surface area contributed by atoms with Gasteiger partial charge in [0.1, 0.15) is 0 Å². The number of ether oxygens (including phenoxy) is 1. The van der Waals surface area contributed by atoms with Gasteiger partial charge in [-0.1, -0.05) is 49.6 Å². The van der Waals surface area contributed by atoms with Crippen molar-refractivity contribution in [1.82, 2.24) is 16.0 Å². The standard InChI is InChI=1S/C21H31N3O4/c1-28-20(26)15-18(16-9-4-2-5-10-16)24-19(25)13-8-14-22-21(27)23-17-11-6-3-7-12-17/h2,4-5,9-10,17-18H,3,6-8,11-15H2,1H3,(H,24,25)(H2,22,23,27). The molecule has 1 saturated carbocycles. The van der Waals surface area contributed by atoms with E-state index in [1.54, 1.807) is 0 Å². The number of hydrogen-bond acceptors (Lipinski definition) is 4. The van der Waals surface area contributed by atoms with E-state index in [1.165, 1.54) is 26.4 Å². The first-order valence-corrected chi connectivity index (χ1v) is 10.0. The van der Waals surface area contributed by atoms with E-state index in [0.29, 0.717) is 13.0 Å². The molecule has 1 unspecified atom stereocenters. The van der Waals surface area contributed by atoms with E-state index >= 15 is 0 Å². The first-order chi connectivity index (χ1) is 13.6. The Morgan fingerprint density at radius 2 is 1.82 bits per heavy atom. The third-order valence-corrected chi connectivity index (χ3v) is 4.94. The molecule has 1 aromatic rings. The second-order valence-electron chi connectivity index (χ2n) is 7.15. The molecule has 1 atom stereocenters. The highest BCUT2D eigenvalue weighted by atomic mass is 16.5. The Morgan fingerprint density at radius 3 is 2.50 bits per heavy atom. The summed E-state index contributed by atoms with van der Waals surface area (Å²) in [4.78, 5) is 35.8. The summed E-state index contributed by atoms with van der Waals surface area (Å²) >= 11 is 0. The lowest BCUT2D eigenvalue weighted by atomic mass is 9.96. The van der Waals surface area contributed by atoms with Gasteiger partial charge in [0.15, 0.2) is 0 Å². The Hall–Kier alpha value is -2.57. The van der Waals surface area contributed by atoms with Gasteiger partial charge < -0.3 is 20.7 Å². The van der Waals surface area contributed by atoms with Crippen LogP contribution in [-0.4, -0.2) is 37.6 Å². The summed E-state index contributed by atoms with van der Waals surface area (Å²) in [5.41, 5.74) is 0.853. The number of methoxy groups -OCH3 is 1. The van der Waals surface area contributed by atoms with E-state index in [2.05, 4.69) is 16.0 Å². The zero-order valence-electron chi connectivity index (χ0n) is 16.5. The van der Waals surface area contributed by atoms with E-state index in [0.717, 1.165) is 18.4 Å². The van der Waals surface area contributed by atoms with E-state index in [4.69, 9.17) is 4.74 Å². The number of carbonyl (C=O) groups excluding carboxylic acids is 3. The highest BCUT2D eigenvalue weighted by Crippen LogP contribution is 2.18. The molecule has 3 N–H and O–H groups in total. The number of amides is 3. The summed E-state index contributed by atoms with van der Waals surface area (Å²) in [6, 6.07) is 9.01. The van der Waals surface area contributed by atoms with Crippen molar-refractivity contribution in [3.63, 3.8) is 0 Å². The Labute approximate surface area is 166 Å². The van der Waals surface area contributed by atoms with Gasteiger partial charge in [0.25, 0.3) is 0 Å². The van der Waals surface area contributed by atoms with Crippen molar-refractivity contribution in [2.24, 2.45) is 0 Å². The Morgan fingerprint density at radius 1 is 1.11 bits per heavy atom. The number of urea groups is 1. The lowest BCUT2D eigenvalue weighted by molar-refractivity contribution is -0.141. The minimum absolute atomic E-state index is 0.0777. The minimum Gasteiger partial charge on any atom is -0.469 e. The number of hydrogen-bond donors (Lipinski definition) is 3. The fourth-order valence-electron chi connectivity index (χ4n) is 3.39. The molecule has 2 rings (SSSR count). The van der Waals surface area contributed by atoms with Crippen LogP contribution in [0.5, 0.6) is 0 Å². The van der Waals surface area contributed by atoms with Crippen LogP contribution in [0.15, 0.2) is 30.3 Å². The normalized spacial score (nSPS) is 15.3. The highest BCUT2D eigenvalue weighted by molar-refractivity contribution is 5.78. The Kier molecular flexibility index (Phi) is 9.31. The predicted octanol–water partition coefficient (Wildman–Crippen LogP) is 2.82.